The second-order valence-electron chi connectivity index (χ2n) is 4.93. The molecule has 0 aliphatic rings. The Labute approximate surface area is 125 Å². The van der Waals surface area contributed by atoms with Crippen molar-refractivity contribution in [2.24, 2.45) is 0 Å². The summed E-state index contributed by atoms with van der Waals surface area (Å²) in [5.41, 5.74) is 2.34. The molecular weight excluding hydrogens is 266 g/mol. The SMILES string of the molecule is CSCCCCNC(C)c1cnn(-c2ccccc2)c1. The van der Waals surface area contributed by atoms with Crippen molar-refractivity contribution in [3.8, 4) is 5.69 Å². The highest BCUT2D eigenvalue weighted by Gasteiger charge is 2.07. The van der Waals surface area contributed by atoms with E-state index in [0.29, 0.717) is 6.04 Å². The molecule has 1 unspecified atom stereocenters. The lowest BCUT2D eigenvalue weighted by atomic mass is 10.2. The van der Waals surface area contributed by atoms with Crippen molar-refractivity contribution < 1.29 is 0 Å². The molecule has 0 fully saturated rings. The standard InChI is InChI=1S/C16H23N3S/c1-14(17-10-6-7-11-20-2)15-12-18-19(13-15)16-8-4-3-5-9-16/h3-5,8-9,12-14,17H,6-7,10-11H2,1-2H3. The van der Waals surface area contributed by atoms with Gasteiger partial charge in [-0.05, 0) is 50.5 Å². The van der Waals surface area contributed by atoms with E-state index in [1.807, 2.05) is 40.8 Å². The number of benzene rings is 1. The molecule has 1 aromatic heterocycles. The summed E-state index contributed by atoms with van der Waals surface area (Å²) in [6, 6.07) is 10.6. The van der Waals surface area contributed by atoms with E-state index < -0.39 is 0 Å². The first-order valence-electron chi connectivity index (χ1n) is 7.13. The van der Waals surface area contributed by atoms with E-state index in [0.717, 1.165) is 12.2 Å². The Bertz CT molecular complexity index is 495. The zero-order chi connectivity index (χ0) is 14.2. The van der Waals surface area contributed by atoms with Crippen molar-refractivity contribution in [2.75, 3.05) is 18.6 Å². The number of nitrogens with one attached hydrogen (secondary N) is 1. The van der Waals surface area contributed by atoms with E-state index in [2.05, 4.69) is 41.9 Å². The predicted molar refractivity (Wildman–Crippen MR) is 87.6 cm³/mol. The van der Waals surface area contributed by atoms with Crippen LogP contribution < -0.4 is 5.32 Å². The molecule has 0 radical (unpaired) electrons. The number of thioether (sulfide) groups is 1. The van der Waals surface area contributed by atoms with Gasteiger partial charge in [0.05, 0.1) is 11.9 Å². The molecule has 4 heteroatoms. The minimum atomic E-state index is 0.349. The average molecular weight is 289 g/mol. The highest BCUT2D eigenvalue weighted by molar-refractivity contribution is 7.98. The van der Waals surface area contributed by atoms with Crippen LogP contribution in [0, 0.1) is 0 Å². The summed E-state index contributed by atoms with van der Waals surface area (Å²) in [5, 5.41) is 8.00. The first kappa shape index (κ1) is 15.1. The first-order chi connectivity index (χ1) is 9.81. The third-order valence-corrected chi connectivity index (χ3v) is 4.05. The van der Waals surface area contributed by atoms with Crippen molar-refractivity contribution in [1.29, 1.82) is 0 Å². The van der Waals surface area contributed by atoms with Crippen LogP contribution in [0.25, 0.3) is 5.69 Å². The van der Waals surface area contributed by atoms with Crippen LogP contribution in [0.5, 0.6) is 0 Å². The molecule has 0 saturated heterocycles. The fraction of sp³-hybridized carbons (Fsp3) is 0.438. The van der Waals surface area contributed by atoms with Crippen LogP contribution in [0.4, 0.5) is 0 Å². The largest absolute Gasteiger partial charge is 0.310 e. The summed E-state index contributed by atoms with van der Waals surface area (Å²) in [6.45, 7) is 3.26. The van der Waals surface area contributed by atoms with Gasteiger partial charge in [0.15, 0.2) is 0 Å². The summed E-state index contributed by atoms with van der Waals surface area (Å²) in [4.78, 5) is 0. The van der Waals surface area contributed by atoms with Crippen molar-refractivity contribution >= 4 is 11.8 Å². The van der Waals surface area contributed by atoms with Gasteiger partial charge in [-0.2, -0.15) is 16.9 Å². The van der Waals surface area contributed by atoms with Crippen molar-refractivity contribution in [3.63, 3.8) is 0 Å². The maximum atomic E-state index is 4.44. The number of aromatic nitrogens is 2. The molecule has 1 N–H and O–H groups in total. The fourth-order valence-electron chi connectivity index (χ4n) is 2.09. The molecule has 108 valence electrons. The topological polar surface area (TPSA) is 29.9 Å². The van der Waals surface area contributed by atoms with E-state index in [9.17, 15) is 0 Å². The van der Waals surface area contributed by atoms with Gasteiger partial charge < -0.3 is 5.32 Å². The highest BCUT2D eigenvalue weighted by Crippen LogP contribution is 2.14. The number of hydrogen-bond donors (Lipinski definition) is 1. The molecule has 1 aromatic carbocycles. The van der Waals surface area contributed by atoms with Gasteiger partial charge in [-0.1, -0.05) is 18.2 Å². The zero-order valence-electron chi connectivity index (χ0n) is 12.2. The second kappa shape index (κ2) is 8.12. The van der Waals surface area contributed by atoms with Gasteiger partial charge in [0.25, 0.3) is 0 Å². The predicted octanol–water partition coefficient (Wildman–Crippen LogP) is 3.67. The second-order valence-corrected chi connectivity index (χ2v) is 5.92. The first-order valence-corrected chi connectivity index (χ1v) is 8.53. The lowest BCUT2D eigenvalue weighted by Gasteiger charge is -2.11. The van der Waals surface area contributed by atoms with Crippen LogP contribution in [-0.4, -0.2) is 28.3 Å². The Balaban J connectivity index is 1.85. The number of nitrogens with zero attached hydrogens (tertiary/aromatic N) is 2. The summed E-state index contributed by atoms with van der Waals surface area (Å²) in [7, 11) is 0. The normalized spacial score (nSPS) is 12.5. The van der Waals surface area contributed by atoms with Gasteiger partial charge in [0.2, 0.25) is 0 Å². The van der Waals surface area contributed by atoms with Crippen LogP contribution in [0.3, 0.4) is 0 Å². The van der Waals surface area contributed by atoms with Crippen LogP contribution in [0.2, 0.25) is 0 Å². The lowest BCUT2D eigenvalue weighted by molar-refractivity contribution is 0.555. The number of unbranched alkanes of at least 4 members (excludes halogenated alkanes) is 1. The Hall–Kier alpha value is -1.26. The van der Waals surface area contributed by atoms with Gasteiger partial charge in [0.1, 0.15) is 0 Å². The maximum absolute atomic E-state index is 4.44. The van der Waals surface area contributed by atoms with E-state index in [-0.39, 0.29) is 0 Å². The van der Waals surface area contributed by atoms with E-state index in [4.69, 9.17) is 0 Å². The zero-order valence-corrected chi connectivity index (χ0v) is 13.1. The smallest absolute Gasteiger partial charge is 0.0645 e. The Morgan fingerprint density at radius 1 is 1.25 bits per heavy atom. The quantitative estimate of drug-likeness (QED) is 0.752. The van der Waals surface area contributed by atoms with Crippen molar-refractivity contribution in [2.45, 2.75) is 25.8 Å². The Morgan fingerprint density at radius 3 is 2.80 bits per heavy atom. The molecule has 0 aliphatic heterocycles. The molecule has 0 spiro atoms. The van der Waals surface area contributed by atoms with Crippen LogP contribution in [-0.2, 0) is 0 Å². The molecule has 0 bridgehead atoms. The van der Waals surface area contributed by atoms with E-state index in [1.54, 1.807) is 0 Å². The van der Waals surface area contributed by atoms with Gasteiger partial charge in [-0.3, -0.25) is 0 Å². The summed E-state index contributed by atoms with van der Waals surface area (Å²) in [5.74, 6) is 1.25. The van der Waals surface area contributed by atoms with Gasteiger partial charge in [-0.25, -0.2) is 4.68 Å². The third kappa shape index (κ3) is 4.39. The van der Waals surface area contributed by atoms with Gasteiger partial charge in [0, 0.05) is 17.8 Å². The monoisotopic (exact) mass is 289 g/mol. The Kier molecular flexibility index (Phi) is 6.15. The molecule has 20 heavy (non-hydrogen) atoms. The minimum Gasteiger partial charge on any atom is -0.310 e. The molecule has 0 aliphatic carbocycles. The van der Waals surface area contributed by atoms with Gasteiger partial charge in [-0.15, -0.1) is 0 Å². The molecule has 3 nitrogen and oxygen atoms in total. The molecule has 1 heterocycles. The molecular formula is C16H23N3S. The number of rotatable bonds is 8. The van der Waals surface area contributed by atoms with Crippen LogP contribution >= 0.6 is 11.8 Å². The van der Waals surface area contributed by atoms with E-state index >= 15 is 0 Å². The number of hydrogen-bond acceptors (Lipinski definition) is 3. The molecule has 0 amide bonds. The summed E-state index contributed by atoms with van der Waals surface area (Å²) in [6.07, 6.45) is 8.73. The fourth-order valence-corrected chi connectivity index (χ4v) is 2.58. The van der Waals surface area contributed by atoms with E-state index in [1.165, 1.54) is 24.2 Å². The van der Waals surface area contributed by atoms with Crippen molar-refractivity contribution in [1.82, 2.24) is 15.1 Å². The molecule has 2 aromatic rings. The number of para-hydroxylation sites is 1. The maximum Gasteiger partial charge on any atom is 0.0645 e. The Morgan fingerprint density at radius 2 is 2.05 bits per heavy atom. The van der Waals surface area contributed by atoms with Gasteiger partial charge >= 0.3 is 0 Å². The summed E-state index contributed by atoms with van der Waals surface area (Å²) >= 11 is 1.92. The van der Waals surface area contributed by atoms with Crippen molar-refractivity contribution in [3.05, 3.63) is 48.3 Å². The lowest BCUT2D eigenvalue weighted by Crippen LogP contribution is -2.19. The summed E-state index contributed by atoms with van der Waals surface area (Å²) < 4.78 is 1.93. The average Bonchev–Trinajstić information content (AvgIpc) is 2.98. The third-order valence-electron chi connectivity index (χ3n) is 3.35. The highest BCUT2D eigenvalue weighted by atomic mass is 32.2. The van der Waals surface area contributed by atoms with Crippen LogP contribution in [0.1, 0.15) is 31.4 Å². The van der Waals surface area contributed by atoms with Crippen LogP contribution in [0.15, 0.2) is 42.7 Å². The molecule has 2 rings (SSSR count). The molecule has 0 saturated carbocycles. The molecule has 1 atom stereocenters. The minimum absolute atomic E-state index is 0.349.